The molecule has 1 aromatic rings. The fourth-order valence-corrected chi connectivity index (χ4v) is 1.59. The molecule has 0 aliphatic carbocycles. The van der Waals surface area contributed by atoms with E-state index in [1.54, 1.807) is 11.3 Å². The van der Waals surface area contributed by atoms with Gasteiger partial charge >= 0.3 is 6.09 Å². The highest BCUT2D eigenvalue weighted by Gasteiger charge is 2.11. The van der Waals surface area contributed by atoms with Crippen LogP contribution in [-0.4, -0.2) is 18.2 Å². The number of carbonyl (C=O) groups is 1. The number of hydrogen-bond acceptors (Lipinski definition) is 4. The predicted molar refractivity (Wildman–Crippen MR) is 50.8 cm³/mol. The zero-order valence-electron chi connectivity index (χ0n) is 7.83. The minimum atomic E-state index is -0.432. The number of rotatable bonds is 2. The Morgan fingerprint density at radius 3 is 2.92 bits per heavy atom. The number of amides is 1. The van der Waals surface area contributed by atoms with E-state index in [1.165, 1.54) is 7.11 Å². The van der Waals surface area contributed by atoms with Crippen LogP contribution in [0.4, 0.5) is 4.79 Å². The number of nitrogens with one attached hydrogen (secondary N) is 1. The topological polar surface area (TPSA) is 51.2 Å². The molecule has 0 aliphatic rings. The summed E-state index contributed by atoms with van der Waals surface area (Å²) in [6.45, 7) is 3.80. The maximum atomic E-state index is 10.8. The molecule has 0 fully saturated rings. The summed E-state index contributed by atoms with van der Waals surface area (Å²) in [7, 11) is 1.34. The van der Waals surface area contributed by atoms with E-state index in [-0.39, 0.29) is 6.04 Å². The van der Waals surface area contributed by atoms with Gasteiger partial charge in [0.1, 0.15) is 0 Å². The van der Waals surface area contributed by atoms with Gasteiger partial charge in [0.05, 0.1) is 23.9 Å². The van der Waals surface area contributed by atoms with E-state index in [1.807, 2.05) is 19.2 Å². The molecule has 1 heterocycles. The number of carbonyl (C=O) groups excluding carboxylic acids is 1. The highest BCUT2D eigenvalue weighted by atomic mass is 32.1. The number of methoxy groups -OCH3 is 1. The zero-order chi connectivity index (χ0) is 9.84. The minimum absolute atomic E-state index is 0.0996. The lowest BCUT2D eigenvalue weighted by Crippen LogP contribution is -2.26. The van der Waals surface area contributed by atoms with E-state index in [0.717, 1.165) is 10.7 Å². The molecule has 72 valence electrons. The van der Waals surface area contributed by atoms with Crippen LogP contribution >= 0.6 is 11.3 Å². The predicted octanol–water partition coefficient (Wildman–Crippen LogP) is 1.87. The van der Waals surface area contributed by atoms with E-state index in [0.29, 0.717) is 0 Å². The fraction of sp³-hybridized carbons (Fsp3) is 0.500. The normalized spacial score (nSPS) is 12.2. The second-order valence-corrected chi connectivity index (χ2v) is 3.71. The van der Waals surface area contributed by atoms with E-state index < -0.39 is 6.09 Å². The molecule has 1 atom stereocenters. The van der Waals surface area contributed by atoms with Gasteiger partial charge in [0.15, 0.2) is 0 Å². The van der Waals surface area contributed by atoms with Crippen LogP contribution in [0, 0.1) is 6.92 Å². The van der Waals surface area contributed by atoms with Gasteiger partial charge in [-0.05, 0) is 13.8 Å². The Bertz CT molecular complexity index is 298. The third-order valence-electron chi connectivity index (χ3n) is 1.60. The summed E-state index contributed by atoms with van der Waals surface area (Å²) in [5.74, 6) is 0. The maximum absolute atomic E-state index is 10.8. The van der Waals surface area contributed by atoms with Crippen LogP contribution < -0.4 is 5.32 Å². The van der Waals surface area contributed by atoms with Gasteiger partial charge in [0, 0.05) is 5.38 Å². The average Bonchev–Trinajstić information content (AvgIpc) is 2.51. The van der Waals surface area contributed by atoms with Gasteiger partial charge in [0.25, 0.3) is 0 Å². The Kier molecular flexibility index (Phi) is 3.25. The van der Waals surface area contributed by atoms with E-state index in [2.05, 4.69) is 15.0 Å². The summed E-state index contributed by atoms with van der Waals surface area (Å²) in [6, 6.07) is -0.0996. The number of hydrogen-bond donors (Lipinski definition) is 1. The average molecular weight is 200 g/mol. The first-order valence-electron chi connectivity index (χ1n) is 3.90. The van der Waals surface area contributed by atoms with E-state index in [9.17, 15) is 4.79 Å². The Hall–Kier alpha value is -1.10. The first-order chi connectivity index (χ1) is 6.13. The van der Waals surface area contributed by atoms with Gasteiger partial charge in [-0.2, -0.15) is 0 Å². The van der Waals surface area contributed by atoms with Crippen LogP contribution in [-0.2, 0) is 4.74 Å². The molecule has 0 radical (unpaired) electrons. The lowest BCUT2D eigenvalue weighted by atomic mass is 10.3. The third kappa shape index (κ3) is 2.69. The molecule has 1 unspecified atom stereocenters. The van der Waals surface area contributed by atoms with Gasteiger partial charge in [-0.25, -0.2) is 9.78 Å². The molecular formula is C8H12N2O2S. The lowest BCUT2D eigenvalue weighted by molar-refractivity contribution is 0.167. The summed E-state index contributed by atoms with van der Waals surface area (Å²) in [5, 5.41) is 5.56. The van der Waals surface area contributed by atoms with Crippen molar-refractivity contribution < 1.29 is 9.53 Å². The van der Waals surface area contributed by atoms with Gasteiger partial charge in [-0.15, -0.1) is 11.3 Å². The van der Waals surface area contributed by atoms with Gasteiger partial charge in [-0.3, -0.25) is 0 Å². The van der Waals surface area contributed by atoms with Gasteiger partial charge in [0.2, 0.25) is 0 Å². The van der Waals surface area contributed by atoms with Crippen molar-refractivity contribution in [1.29, 1.82) is 0 Å². The van der Waals surface area contributed by atoms with Gasteiger partial charge < -0.3 is 10.1 Å². The number of aromatic nitrogens is 1. The molecule has 0 spiro atoms. The molecule has 1 aromatic heterocycles. The van der Waals surface area contributed by atoms with Crippen LogP contribution in [0.1, 0.15) is 23.7 Å². The number of nitrogens with zero attached hydrogens (tertiary/aromatic N) is 1. The van der Waals surface area contributed by atoms with E-state index >= 15 is 0 Å². The molecule has 1 rings (SSSR count). The molecule has 0 saturated heterocycles. The molecule has 0 saturated carbocycles. The molecule has 0 aromatic carbocycles. The molecule has 4 nitrogen and oxygen atoms in total. The van der Waals surface area contributed by atoms with Crippen molar-refractivity contribution >= 4 is 17.4 Å². The smallest absolute Gasteiger partial charge is 0.407 e. The van der Waals surface area contributed by atoms with Crippen LogP contribution in [0.3, 0.4) is 0 Å². The van der Waals surface area contributed by atoms with Crippen molar-refractivity contribution in [3.05, 3.63) is 16.1 Å². The lowest BCUT2D eigenvalue weighted by Gasteiger charge is -2.09. The minimum Gasteiger partial charge on any atom is -0.453 e. The Morgan fingerprint density at radius 2 is 2.46 bits per heavy atom. The number of thiazole rings is 1. The quantitative estimate of drug-likeness (QED) is 0.792. The SMILES string of the molecule is COC(=O)NC(C)c1csc(C)n1. The van der Waals surface area contributed by atoms with Crippen molar-refractivity contribution in [3.63, 3.8) is 0 Å². The Labute approximate surface area is 80.9 Å². The second kappa shape index (κ2) is 4.23. The number of aryl methyl sites for hydroxylation is 1. The number of ether oxygens (including phenoxy) is 1. The van der Waals surface area contributed by atoms with Crippen LogP contribution in [0.2, 0.25) is 0 Å². The van der Waals surface area contributed by atoms with Crippen molar-refractivity contribution in [3.8, 4) is 0 Å². The second-order valence-electron chi connectivity index (χ2n) is 2.65. The van der Waals surface area contributed by atoms with E-state index in [4.69, 9.17) is 0 Å². The van der Waals surface area contributed by atoms with Crippen LogP contribution in [0.5, 0.6) is 0 Å². The third-order valence-corrected chi connectivity index (χ3v) is 2.39. The highest BCUT2D eigenvalue weighted by Crippen LogP contribution is 2.15. The molecule has 0 bridgehead atoms. The van der Waals surface area contributed by atoms with Crippen LogP contribution in [0.15, 0.2) is 5.38 Å². The fourth-order valence-electron chi connectivity index (χ4n) is 0.889. The number of alkyl carbamates (subject to hydrolysis) is 1. The molecule has 1 N–H and O–H groups in total. The summed E-state index contributed by atoms with van der Waals surface area (Å²) < 4.78 is 4.47. The molecule has 0 aliphatic heterocycles. The monoisotopic (exact) mass is 200 g/mol. The van der Waals surface area contributed by atoms with Crippen molar-refractivity contribution in [2.75, 3.05) is 7.11 Å². The molecule has 1 amide bonds. The summed E-state index contributed by atoms with van der Waals surface area (Å²) >= 11 is 1.56. The molecular weight excluding hydrogens is 188 g/mol. The van der Waals surface area contributed by atoms with Crippen LogP contribution in [0.25, 0.3) is 0 Å². The maximum Gasteiger partial charge on any atom is 0.407 e. The summed E-state index contributed by atoms with van der Waals surface area (Å²) in [4.78, 5) is 15.1. The van der Waals surface area contributed by atoms with Crippen molar-refractivity contribution in [1.82, 2.24) is 10.3 Å². The zero-order valence-corrected chi connectivity index (χ0v) is 8.64. The first kappa shape index (κ1) is 9.98. The largest absolute Gasteiger partial charge is 0.453 e. The van der Waals surface area contributed by atoms with Gasteiger partial charge in [-0.1, -0.05) is 0 Å². The summed E-state index contributed by atoms with van der Waals surface area (Å²) in [6.07, 6.45) is -0.432. The van der Waals surface area contributed by atoms with Crippen molar-refractivity contribution in [2.45, 2.75) is 19.9 Å². The standard InChI is InChI=1S/C8H12N2O2S/c1-5(9-8(11)12-3)7-4-13-6(2)10-7/h4-5H,1-3H3,(H,9,11). The van der Waals surface area contributed by atoms with Crippen molar-refractivity contribution in [2.24, 2.45) is 0 Å². The molecule has 13 heavy (non-hydrogen) atoms. The Balaban J connectivity index is 2.58. The summed E-state index contributed by atoms with van der Waals surface area (Å²) in [5.41, 5.74) is 0.868. The highest BCUT2D eigenvalue weighted by molar-refractivity contribution is 7.09. The Morgan fingerprint density at radius 1 is 1.77 bits per heavy atom. The first-order valence-corrected chi connectivity index (χ1v) is 4.78. The molecule has 5 heteroatoms.